The molecule has 8 heteroatoms. The van der Waals surface area contributed by atoms with Crippen LogP contribution in [0.1, 0.15) is 17.0 Å². The Morgan fingerprint density at radius 3 is 2.59 bits per heavy atom. The average Bonchev–Trinajstić information content (AvgIpc) is 2.97. The van der Waals surface area contributed by atoms with E-state index in [0.717, 1.165) is 31.9 Å². The van der Waals surface area contributed by atoms with Crippen LogP contribution in [0.5, 0.6) is 0 Å². The zero-order valence-corrected chi connectivity index (χ0v) is 19.5. The van der Waals surface area contributed by atoms with Crippen LogP contribution in [-0.4, -0.2) is 23.2 Å². The van der Waals surface area contributed by atoms with Crippen LogP contribution in [-0.2, 0) is 4.79 Å². The lowest BCUT2D eigenvalue weighted by molar-refractivity contribution is -0.119. The molecule has 3 rings (SSSR count). The van der Waals surface area contributed by atoms with E-state index in [9.17, 15) is 4.79 Å². The Bertz CT molecular complexity index is 1060. The molecule has 2 aromatic carbocycles. The molecule has 0 atom stereocenters. The van der Waals surface area contributed by atoms with Gasteiger partial charge in [0.05, 0.1) is 23.5 Å². The molecule has 2 N–H and O–H groups in total. The van der Waals surface area contributed by atoms with Gasteiger partial charge in [-0.1, -0.05) is 23.2 Å². The first kappa shape index (κ1) is 21.7. The molecule has 5 nitrogen and oxygen atoms in total. The number of rotatable bonds is 6. The van der Waals surface area contributed by atoms with Crippen LogP contribution < -0.4 is 10.7 Å². The van der Waals surface area contributed by atoms with Crippen LogP contribution in [0.25, 0.3) is 5.69 Å². The van der Waals surface area contributed by atoms with Crippen LogP contribution in [0.15, 0.2) is 53.6 Å². The first-order chi connectivity index (χ1) is 13.8. The van der Waals surface area contributed by atoms with Crippen molar-refractivity contribution in [2.75, 3.05) is 11.9 Å². The summed E-state index contributed by atoms with van der Waals surface area (Å²) in [6, 6.07) is 15.1. The lowest BCUT2D eigenvalue weighted by Crippen LogP contribution is -2.25. The smallest absolute Gasteiger partial charge is 0.259 e. The van der Waals surface area contributed by atoms with E-state index < -0.39 is 0 Å². The lowest BCUT2D eigenvalue weighted by Gasteiger charge is -2.12. The van der Waals surface area contributed by atoms with Crippen LogP contribution in [0, 0.1) is 17.4 Å². The molecule has 0 aliphatic rings. The molecule has 1 heterocycles. The average molecular weight is 541 g/mol. The third-order valence-corrected chi connectivity index (χ3v) is 5.58. The lowest BCUT2D eigenvalue weighted by atomic mass is 10.2. The fourth-order valence-corrected chi connectivity index (χ4v) is 3.64. The number of carbonyl (C=O) groups is 1. The second kappa shape index (κ2) is 9.65. The Labute approximate surface area is 193 Å². The highest BCUT2D eigenvalue weighted by Gasteiger charge is 2.12. The number of hydrazone groups is 1. The molecule has 0 unspecified atom stereocenters. The highest BCUT2D eigenvalue weighted by molar-refractivity contribution is 14.1. The van der Waals surface area contributed by atoms with Gasteiger partial charge in [0.25, 0.3) is 5.91 Å². The summed E-state index contributed by atoms with van der Waals surface area (Å²) in [5.74, 6) is -0.230. The number of carbonyl (C=O) groups excluding carboxylic acids is 1. The van der Waals surface area contributed by atoms with Crippen molar-refractivity contribution in [1.29, 1.82) is 0 Å². The van der Waals surface area contributed by atoms with E-state index >= 15 is 0 Å². The topological polar surface area (TPSA) is 58.4 Å². The molecular formula is C21H19Cl2IN4O. The number of aromatic nitrogens is 1. The van der Waals surface area contributed by atoms with Gasteiger partial charge in [-0.3, -0.25) is 4.79 Å². The summed E-state index contributed by atoms with van der Waals surface area (Å²) in [5, 5.41) is 8.35. The van der Waals surface area contributed by atoms with Crippen LogP contribution in [0.4, 0.5) is 5.69 Å². The second-order valence-electron chi connectivity index (χ2n) is 6.41. The molecule has 3 aromatic rings. The number of nitrogens with one attached hydrogen (secondary N) is 2. The first-order valence-corrected chi connectivity index (χ1v) is 10.6. The summed E-state index contributed by atoms with van der Waals surface area (Å²) in [6.07, 6.45) is 1.63. The molecule has 150 valence electrons. The van der Waals surface area contributed by atoms with Gasteiger partial charge in [-0.05, 0) is 85.0 Å². The number of nitrogens with zero attached hydrogens (tertiary/aromatic N) is 2. The molecule has 0 saturated carbocycles. The van der Waals surface area contributed by atoms with Gasteiger partial charge in [0.15, 0.2) is 0 Å². The Morgan fingerprint density at radius 2 is 1.86 bits per heavy atom. The monoisotopic (exact) mass is 540 g/mol. The Balaban J connectivity index is 1.66. The van der Waals surface area contributed by atoms with Crippen LogP contribution in [0.2, 0.25) is 10.0 Å². The minimum absolute atomic E-state index is 0.134. The van der Waals surface area contributed by atoms with Crippen LogP contribution in [0.3, 0.4) is 0 Å². The van der Waals surface area contributed by atoms with Crippen molar-refractivity contribution in [3.05, 3.63) is 79.1 Å². The number of hydrogen-bond acceptors (Lipinski definition) is 3. The largest absolute Gasteiger partial charge is 0.376 e. The van der Waals surface area contributed by atoms with Gasteiger partial charge in [-0.2, -0.15) is 5.10 Å². The number of benzene rings is 2. The minimum Gasteiger partial charge on any atom is -0.376 e. The van der Waals surface area contributed by atoms with Crippen molar-refractivity contribution in [1.82, 2.24) is 9.99 Å². The van der Waals surface area contributed by atoms with Crippen molar-refractivity contribution in [2.45, 2.75) is 13.8 Å². The first-order valence-electron chi connectivity index (χ1n) is 8.81. The van der Waals surface area contributed by atoms with E-state index in [4.69, 9.17) is 23.2 Å². The molecular weight excluding hydrogens is 522 g/mol. The van der Waals surface area contributed by atoms with E-state index in [1.54, 1.807) is 18.3 Å². The zero-order valence-electron chi connectivity index (χ0n) is 15.8. The summed E-state index contributed by atoms with van der Waals surface area (Å²) in [4.78, 5) is 12.0. The van der Waals surface area contributed by atoms with Gasteiger partial charge in [0, 0.05) is 31.2 Å². The molecule has 0 fully saturated rings. The van der Waals surface area contributed by atoms with E-state index in [1.165, 1.54) is 0 Å². The maximum absolute atomic E-state index is 12.0. The van der Waals surface area contributed by atoms with E-state index in [2.05, 4.69) is 38.4 Å². The van der Waals surface area contributed by atoms with Gasteiger partial charge in [-0.25, -0.2) is 5.43 Å². The summed E-state index contributed by atoms with van der Waals surface area (Å²) in [7, 11) is 0. The number of anilines is 1. The molecule has 0 bridgehead atoms. The van der Waals surface area contributed by atoms with Crippen molar-refractivity contribution < 1.29 is 4.79 Å². The molecule has 1 aromatic heterocycles. The maximum atomic E-state index is 12.0. The summed E-state index contributed by atoms with van der Waals surface area (Å²) in [5.41, 5.74) is 7.04. The Morgan fingerprint density at radius 1 is 1.14 bits per heavy atom. The maximum Gasteiger partial charge on any atom is 0.259 e. The Kier molecular flexibility index (Phi) is 7.21. The van der Waals surface area contributed by atoms with E-state index in [1.807, 2.05) is 54.8 Å². The van der Waals surface area contributed by atoms with E-state index in [-0.39, 0.29) is 12.5 Å². The number of amides is 1. The number of hydrogen-bond donors (Lipinski definition) is 2. The molecule has 0 spiro atoms. The fraction of sp³-hybridized carbons (Fsp3) is 0.143. The fourth-order valence-electron chi connectivity index (χ4n) is 2.91. The predicted octanol–water partition coefficient (Wildman–Crippen LogP) is 5.57. The third-order valence-electron chi connectivity index (χ3n) is 4.31. The third kappa shape index (κ3) is 5.52. The molecule has 0 radical (unpaired) electrons. The summed E-state index contributed by atoms with van der Waals surface area (Å²) in [6.45, 7) is 4.08. The standard InChI is InChI=1S/C21H19Cl2IN4O/c1-13-9-15(14(2)28(13)20-10-16(22)3-8-19(20)23)11-26-27-21(29)12-25-18-6-4-17(24)5-7-18/h3-11,25H,12H2,1-2H3,(H,27,29)/b26-11-. The van der Waals surface area contributed by atoms with Gasteiger partial charge in [0.1, 0.15) is 0 Å². The number of aryl methyl sites for hydroxylation is 1. The van der Waals surface area contributed by atoms with E-state index in [0.29, 0.717) is 10.0 Å². The summed E-state index contributed by atoms with van der Waals surface area (Å²) < 4.78 is 3.15. The Hall–Kier alpha value is -2.03. The van der Waals surface area contributed by atoms with Gasteiger partial charge < -0.3 is 9.88 Å². The molecule has 0 saturated heterocycles. The molecule has 29 heavy (non-hydrogen) atoms. The van der Waals surface area contributed by atoms with Crippen molar-refractivity contribution in [3.8, 4) is 5.69 Å². The normalized spacial score (nSPS) is 11.1. The van der Waals surface area contributed by atoms with Crippen molar-refractivity contribution >= 4 is 63.6 Å². The highest BCUT2D eigenvalue weighted by atomic mass is 127. The van der Waals surface area contributed by atoms with Crippen molar-refractivity contribution in [3.63, 3.8) is 0 Å². The van der Waals surface area contributed by atoms with Gasteiger partial charge >= 0.3 is 0 Å². The molecule has 0 aliphatic heterocycles. The molecule has 0 aliphatic carbocycles. The highest BCUT2D eigenvalue weighted by Crippen LogP contribution is 2.28. The van der Waals surface area contributed by atoms with Gasteiger partial charge in [-0.15, -0.1) is 0 Å². The zero-order chi connectivity index (χ0) is 21.0. The second-order valence-corrected chi connectivity index (χ2v) is 8.50. The summed E-state index contributed by atoms with van der Waals surface area (Å²) >= 11 is 14.7. The van der Waals surface area contributed by atoms with Crippen molar-refractivity contribution in [2.24, 2.45) is 5.10 Å². The predicted molar refractivity (Wildman–Crippen MR) is 129 cm³/mol. The number of halogens is 3. The van der Waals surface area contributed by atoms with Crippen LogP contribution >= 0.6 is 45.8 Å². The minimum atomic E-state index is -0.230. The quantitative estimate of drug-likeness (QED) is 0.244. The van der Waals surface area contributed by atoms with Gasteiger partial charge in [0.2, 0.25) is 0 Å². The molecule has 1 amide bonds. The SMILES string of the molecule is Cc1cc(/C=N\NC(=O)CNc2ccc(I)cc2)c(C)n1-c1cc(Cl)ccc1Cl.